The van der Waals surface area contributed by atoms with Crippen LogP contribution in [0.5, 0.6) is 0 Å². The minimum atomic E-state index is 0.147. The third kappa shape index (κ3) is 5.21. The zero-order valence-corrected chi connectivity index (χ0v) is 15.4. The average Bonchev–Trinajstić information content (AvgIpc) is 2.69. The van der Waals surface area contributed by atoms with Gasteiger partial charge in [-0.3, -0.25) is 4.79 Å². The molecular formula is C23H22ClNO. The van der Waals surface area contributed by atoms with Crippen molar-refractivity contribution in [2.75, 3.05) is 4.90 Å². The Morgan fingerprint density at radius 1 is 0.769 bits per heavy atom. The van der Waals surface area contributed by atoms with E-state index in [2.05, 4.69) is 12.1 Å². The SMILES string of the molecule is O=C(CCCc1ccc(Cl)cc1)N(Cc1ccccc1)c1ccccc1. The monoisotopic (exact) mass is 363 g/mol. The maximum atomic E-state index is 12.9. The average molecular weight is 364 g/mol. The van der Waals surface area contributed by atoms with Crippen molar-refractivity contribution in [3.8, 4) is 0 Å². The smallest absolute Gasteiger partial charge is 0.227 e. The molecule has 0 aliphatic heterocycles. The molecule has 26 heavy (non-hydrogen) atoms. The van der Waals surface area contributed by atoms with Crippen molar-refractivity contribution in [3.63, 3.8) is 0 Å². The molecule has 3 aromatic rings. The number of hydrogen-bond donors (Lipinski definition) is 0. The van der Waals surface area contributed by atoms with Gasteiger partial charge < -0.3 is 4.90 Å². The molecule has 0 unspecified atom stereocenters. The van der Waals surface area contributed by atoms with Crippen molar-refractivity contribution in [3.05, 3.63) is 101 Å². The Labute approximate surface area is 160 Å². The van der Waals surface area contributed by atoms with E-state index in [-0.39, 0.29) is 5.91 Å². The number of hydrogen-bond acceptors (Lipinski definition) is 1. The van der Waals surface area contributed by atoms with Crippen molar-refractivity contribution in [1.82, 2.24) is 0 Å². The quantitative estimate of drug-likeness (QED) is 0.512. The third-order valence-corrected chi connectivity index (χ3v) is 4.57. The molecule has 0 N–H and O–H groups in total. The summed E-state index contributed by atoms with van der Waals surface area (Å²) in [5.41, 5.74) is 3.27. The first-order valence-electron chi connectivity index (χ1n) is 8.86. The number of amides is 1. The lowest BCUT2D eigenvalue weighted by Gasteiger charge is -2.23. The van der Waals surface area contributed by atoms with Gasteiger partial charge in [-0.05, 0) is 48.2 Å². The highest BCUT2D eigenvalue weighted by Crippen LogP contribution is 2.19. The van der Waals surface area contributed by atoms with Gasteiger partial charge in [0.05, 0.1) is 6.54 Å². The second-order valence-electron chi connectivity index (χ2n) is 6.28. The lowest BCUT2D eigenvalue weighted by molar-refractivity contribution is -0.118. The lowest BCUT2D eigenvalue weighted by atomic mass is 10.1. The van der Waals surface area contributed by atoms with Crippen molar-refractivity contribution in [2.45, 2.75) is 25.8 Å². The Bertz CT molecular complexity index is 816. The largest absolute Gasteiger partial charge is 0.308 e. The second kappa shape index (κ2) is 9.21. The summed E-state index contributed by atoms with van der Waals surface area (Å²) in [5.74, 6) is 0.147. The third-order valence-electron chi connectivity index (χ3n) is 4.32. The number of rotatable bonds is 7. The van der Waals surface area contributed by atoms with Crippen LogP contribution < -0.4 is 4.90 Å². The Hall–Kier alpha value is -2.58. The van der Waals surface area contributed by atoms with Crippen LogP contribution in [0.15, 0.2) is 84.9 Å². The van der Waals surface area contributed by atoms with Gasteiger partial charge in [-0.2, -0.15) is 0 Å². The topological polar surface area (TPSA) is 20.3 Å². The molecule has 0 saturated carbocycles. The molecular weight excluding hydrogens is 342 g/mol. The van der Waals surface area contributed by atoms with Gasteiger partial charge in [0, 0.05) is 17.1 Å². The summed E-state index contributed by atoms with van der Waals surface area (Å²) in [6, 6.07) is 27.8. The molecule has 132 valence electrons. The number of benzene rings is 3. The van der Waals surface area contributed by atoms with Crippen LogP contribution in [0.4, 0.5) is 5.69 Å². The van der Waals surface area contributed by atoms with Gasteiger partial charge in [0.15, 0.2) is 0 Å². The number of para-hydroxylation sites is 1. The first kappa shape index (κ1) is 18.2. The van der Waals surface area contributed by atoms with Crippen molar-refractivity contribution >= 4 is 23.2 Å². The highest BCUT2D eigenvalue weighted by Gasteiger charge is 2.15. The molecule has 0 saturated heterocycles. The molecule has 0 aromatic heterocycles. The van der Waals surface area contributed by atoms with Gasteiger partial charge >= 0.3 is 0 Å². The molecule has 0 spiro atoms. The van der Waals surface area contributed by atoms with Crippen molar-refractivity contribution < 1.29 is 4.79 Å². The summed E-state index contributed by atoms with van der Waals surface area (Å²) in [6.07, 6.45) is 2.21. The zero-order chi connectivity index (χ0) is 18.2. The van der Waals surface area contributed by atoms with Gasteiger partial charge in [-0.15, -0.1) is 0 Å². The van der Waals surface area contributed by atoms with Gasteiger partial charge in [-0.25, -0.2) is 0 Å². The van der Waals surface area contributed by atoms with E-state index in [9.17, 15) is 4.79 Å². The van der Waals surface area contributed by atoms with Crippen LogP contribution in [0.2, 0.25) is 5.02 Å². The summed E-state index contributed by atoms with van der Waals surface area (Å²) in [5, 5.41) is 0.739. The van der Waals surface area contributed by atoms with Crippen LogP contribution in [0.25, 0.3) is 0 Å². The van der Waals surface area contributed by atoms with Gasteiger partial charge in [0.25, 0.3) is 0 Å². The fourth-order valence-corrected chi connectivity index (χ4v) is 3.05. The van der Waals surface area contributed by atoms with Gasteiger partial charge in [0.2, 0.25) is 5.91 Å². The van der Waals surface area contributed by atoms with E-state index in [1.54, 1.807) is 0 Å². The molecule has 1 amide bonds. The fourth-order valence-electron chi connectivity index (χ4n) is 2.93. The molecule has 0 bridgehead atoms. The van der Waals surface area contributed by atoms with E-state index >= 15 is 0 Å². The Morgan fingerprint density at radius 3 is 2.04 bits per heavy atom. The van der Waals surface area contributed by atoms with Crippen LogP contribution in [-0.2, 0) is 17.8 Å². The highest BCUT2D eigenvalue weighted by atomic mass is 35.5. The molecule has 3 aromatic carbocycles. The number of carbonyl (C=O) groups excluding carboxylic acids is 1. The van der Waals surface area contributed by atoms with Gasteiger partial charge in [0.1, 0.15) is 0 Å². The molecule has 2 nitrogen and oxygen atoms in total. The first-order chi connectivity index (χ1) is 12.7. The fraction of sp³-hybridized carbons (Fsp3) is 0.174. The van der Waals surface area contributed by atoms with Crippen molar-refractivity contribution in [1.29, 1.82) is 0 Å². The predicted octanol–water partition coefficient (Wildman–Crippen LogP) is 5.90. The van der Waals surface area contributed by atoms with E-state index in [1.165, 1.54) is 5.56 Å². The van der Waals surface area contributed by atoms with E-state index in [4.69, 9.17) is 11.6 Å². The maximum Gasteiger partial charge on any atom is 0.227 e. The first-order valence-corrected chi connectivity index (χ1v) is 9.24. The molecule has 0 aliphatic carbocycles. The minimum absolute atomic E-state index is 0.147. The Morgan fingerprint density at radius 2 is 1.38 bits per heavy atom. The number of halogens is 1. The molecule has 0 atom stereocenters. The maximum absolute atomic E-state index is 12.9. The van der Waals surface area contributed by atoms with E-state index in [1.807, 2.05) is 77.7 Å². The van der Waals surface area contributed by atoms with Crippen LogP contribution in [0, 0.1) is 0 Å². The molecule has 3 rings (SSSR count). The number of anilines is 1. The summed E-state index contributed by atoms with van der Waals surface area (Å²) in [6.45, 7) is 0.588. The minimum Gasteiger partial charge on any atom is -0.308 e. The molecule has 3 heteroatoms. The lowest BCUT2D eigenvalue weighted by Crippen LogP contribution is -2.30. The highest BCUT2D eigenvalue weighted by molar-refractivity contribution is 6.30. The number of aryl methyl sites for hydroxylation is 1. The van der Waals surface area contributed by atoms with E-state index in [0.29, 0.717) is 13.0 Å². The Balaban J connectivity index is 1.65. The van der Waals surface area contributed by atoms with Crippen LogP contribution >= 0.6 is 11.6 Å². The summed E-state index contributed by atoms with van der Waals surface area (Å²) >= 11 is 5.92. The van der Waals surface area contributed by atoms with Crippen molar-refractivity contribution in [2.24, 2.45) is 0 Å². The standard InChI is InChI=1S/C23H22ClNO/c24-21-16-14-19(15-17-21)10-7-13-23(26)25(22-11-5-2-6-12-22)18-20-8-3-1-4-9-20/h1-6,8-9,11-12,14-17H,7,10,13,18H2. The van der Waals surface area contributed by atoms with Crippen LogP contribution in [0.3, 0.4) is 0 Å². The van der Waals surface area contributed by atoms with E-state index < -0.39 is 0 Å². The zero-order valence-electron chi connectivity index (χ0n) is 14.6. The molecule has 0 heterocycles. The number of nitrogens with zero attached hydrogens (tertiary/aromatic N) is 1. The normalized spacial score (nSPS) is 10.5. The Kier molecular flexibility index (Phi) is 6.45. The summed E-state index contributed by atoms with van der Waals surface area (Å²) in [4.78, 5) is 14.8. The predicted molar refractivity (Wildman–Crippen MR) is 108 cm³/mol. The molecule has 0 fully saturated rings. The van der Waals surface area contributed by atoms with E-state index in [0.717, 1.165) is 29.1 Å². The summed E-state index contributed by atoms with van der Waals surface area (Å²) in [7, 11) is 0. The van der Waals surface area contributed by atoms with Crippen LogP contribution in [0.1, 0.15) is 24.0 Å². The molecule has 0 radical (unpaired) electrons. The molecule has 0 aliphatic rings. The van der Waals surface area contributed by atoms with Crippen LogP contribution in [-0.4, -0.2) is 5.91 Å². The second-order valence-corrected chi connectivity index (χ2v) is 6.72. The van der Waals surface area contributed by atoms with Gasteiger partial charge in [-0.1, -0.05) is 72.3 Å². The number of carbonyl (C=O) groups is 1. The summed E-state index contributed by atoms with van der Waals surface area (Å²) < 4.78 is 0.